The molecule has 0 aliphatic heterocycles. The van der Waals surface area contributed by atoms with Crippen molar-refractivity contribution in [2.45, 2.75) is 60.0 Å². The van der Waals surface area contributed by atoms with Crippen molar-refractivity contribution >= 4 is 0 Å². The van der Waals surface area contributed by atoms with Crippen molar-refractivity contribution in [1.82, 2.24) is 4.57 Å². The van der Waals surface area contributed by atoms with E-state index in [-0.39, 0.29) is 5.41 Å². The standard InChI is InChI=1S/C15H26N2/c1-9(2)8-17-10(3)7-12(11(17)4)13-14(16)15(13,5)6/h7,9,13-14H,8,16H2,1-6H3/t13-,14-/m0/s1. The third kappa shape index (κ3) is 1.93. The van der Waals surface area contributed by atoms with Crippen LogP contribution in [0.2, 0.25) is 0 Å². The van der Waals surface area contributed by atoms with Crippen LogP contribution in [-0.2, 0) is 6.54 Å². The highest BCUT2D eigenvalue weighted by atomic mass is 15.0. The summed E-state index contributed by atoms with van der Waals surface area (Å²) in [5.41, 5.74) is 10.7. The quantitative estimate of drug-likeness (QED) is 0.855. The molecule has 0 saturated heterocycles. The molecule has 1 aliphatic rings. The highest BCUT2D eigenvalue weighted by Crippen LogP contribution is 2.58. The highest BCUT2D eigenvalue weighted by molar-refractivity contribution is 5.40. The molecule has 0 aromatic carbocycles. The molecule has 2 N–H and O–H groups in total. The Balaban J connectivity index is 2.33. The fourth-order valence-electron chi connectivity index (χ4n) is 3.06. The third-order valence-electron chi connectivity index (χ3n) is 4.41. The molecule has 2 heteroatoms. The van der Waals surface area contributed by atoms with Gasteiger partial charge in [-0.1, -0.05) is 27.7 Å². The van der Waals surface area contributed by atoms with E-state index in [2.05, 4.69) is 52.2 Å². The van der Waals surface area contributed by atoms with Gasteiger partial charge in [-0.25, -0.2) is 0 Å². The second-order valence-electron chi connectivity index (χ2n) is 6.66. The SMILES string of the molecule is Cc1cc([C@H]2[C@H](N)C2(C)C)c(C)n1CC(C)C. The topological polar surface area (TPSA) is 30.9 Å². The predicted molar refractivity (Wildman–Crippen MR) is 73.2 cm³/mol. The van der Waals surface area contributed by atoms with Crippen LogP contribution in [0.1, 0.15) is 50.6 Å². The molecule has 2 atom stereocenters. The first kappa shape index (κ1) is 12.7. The van der Waals surface area contributed by atoms with Gasteiger partial charge in [0.2, 0.25) is 0 Å². The van der Waals surface area contributed by atoms with Gasteiger partial charge in [0, 0.05) is 29.9 Å². The molecule has 96 valence electrons. The van der Waals surface area contributed by atoms with Crippen LogP contribution < -0.4 is 5.73 Å². The van der Waals surface area contributed by atoms with Crippen molar-refractivity contribution < 1.29 is 0 Å². The van der Waals surface area contributed by atoms with Gasteiger partial charge < -0.3 is 10.3 Å². The van der Waals surface area contributed by atoms with Gasteiger partial charge in [0.1, 0.15) is 0 Å². The zero-order valence-corrected chi connectivity index (χ0v) is 12.0. The first-order valence-corrected chi connectivity index (χ1v) is 6.69. The zero-order chi connectivity index (χ0) is 13.0. The lowest BCUT2D eigenvalue weighted by Gasteiger charge is -2.12. The molecule has 2 rings (SSSR count). The van der Waals surface area contributed by atoms with Crippen LogP contribution in [0, 0.1) is 25.2 Å². The van der Waals surface area contributed by atoms with Gasteiger partial charge in [0.25, 0.3) is 0 Å². The summed E-state index contributed by atoms with van der Waals surface area (Å²) in [5, 5.41) is 0. The van der Waals surface area contributed by atoms with E-state index in [1.165, 1.54) is 17.0 Å². The van der Waals surface area contributed by atoms with Crippen molar-refractivity contribution in [1.29, 1.82) is 0 Å². The summed E-state index contributed by atoms with van der Waals surface area (Å²) in [5.74, 6) is 1.24. The van der Waals surface area contributed by atoms with Crippen LogP contribution in [0.5, 0.6) is 0 Å². The van der Waals surface area contributed by atoms with E-state index in [1.54, 1.807) is 0 Å². The molecule has 2 nitrogen and oxygen atoms in total. The van der Waals surface area contributed by atoms with Crippen LogP contribution in [0.4, 0.5) is 0 Å². The second kappa shape index (κ2) is 3.88. The zero-order valence-electron chi connectivity index (χ0n) is 12.0. The van der Waals surface area contributed by atoms with E-state index in [1.807, 2.05) is 0 Å². The molecule has 0 radical (unpaired) electrons. The van der Waals surface area contributed by atoms with Gasteiger partial charge in [-0.3, -0.25) is 0 Å². The molecule has 0 unspecified atom stereocenters. The highest BCUT2D eigenvalue weighted by Gasteiger charge is 2.57. The minimum atomic E-state index is 0.279. The summed E-state index contributed by atoms with van der Waals surface area (Å²) in [4.78, 5) is 0. The number of nitrogens with zero attached hydrogens (tertiary/aromatic N) is 1. The summed E-state index contributed by atoms with van der Waals surface area (Å²) in [7, 11) is 0. The van der Waals surface area contributed by atoms with Crippen LogP contribution in [0.15, 0.2) is 6.07 Å². The number of hydrogen-bond acceptors (Lipinski definition) is 1. The van der Waals surface area contributed by atoms with E-state index in [0.29, 0.717) is 17.9 Å². The van der Waals surface area contributed by atoms with Gasteiger partial charge >= 0.3 is 0 Å². The van der Waals surface area contributed by atoms with E-state index in [4.69, 9.17) is 5.73 Å². The van der Waals surface area contributed by atoms with Gasteiger partial charge in [-0.15, -0.1) is 0 Å². The van der Waals surface area contributed by atoms with Crippen LogP contribution >= 0.6 is 0 Å². The number of hydrogen-bond donors (Lipinski definition) is 1. The van der Waals surface area contributed by atoms with E-state index in [0.717, 1.165) is 6.54 Å². The van der Waals surface area contributed by atoms with E-state index >= 15 is 0 Å². The minimum absolute atomic E-state index is 0.279. The Morgan fingerprint density at radius 3 is 2.29 bits per heavy atom. The summed E-state index contributed by atoms with van der Waals surface area (Å²) >= 11 is 0. The molecule has 1 saturated carbocycles. The Labute approximate surface area is 105 Å². The van der Waals surface area contributed by atoms with Gasteiger partial charge in [-0.05, 0) is 36.8 Å². The van der Waals surface area contributed by atoms with Crippen molar-refractivity contribution in [3.05, 3.63) is 23.0 Å². The molecule has 1 aromatic rings. The molecule has 1 fully saturated rings. The molecule has 1 aliphatic carbocycles. The maximum absolute atomic E-state index is 6.20. The Hall–Kier alpha value is -0.760. The summed E-state index contributed by atoms with van der Waals surface area (Å²) < 4.78 is 2.45. The molecule has 0 spiro atoms. The lowest BCUT2D eigenvalue weighted by atomic mass is 10.0. The molecule has 17 heavy (non-hydrogen) atoms. The van der Waals surface area contributed by atoms with E-state index in [9.17, 15) is 0 Å². The van der Waals surface area contributed by atoms with Crippen LogP contribution in [0.25, 0.3) is 0 Å². The minimum Gasteiger partial charge on any atom is -0.349 e. The van der Waals surface area contributed by atoms with Crippen LogP contribution in [-0.4, -0.2) is 10.6 Å². The fourth-order valence-corrected chi connectivity index (χ4v) is 3.06. The fraction of sp³-hybridized carbons (Fsp3) is 0.733. The Bertz CT molecular complexity index is 426. The lowest BCUT2D eigenvalue weighted by Crippen LogP contribution is -2.08. The number of rotatable bonds is 3. The molecule has 1 aromatic heterocycles. The number of aryl methyl sites for hydroxylation is 1. The third-order valence-corrected chi connectivity index (χ3v) is 4.41. The monoisotopic (exact) mass is 234 g/mol. The summed E-state index contributed by atoms with van der Waals surface area (Å²) in [6.45, 7) is 14.6. The maximum Gasteiger partial charge on any atom is 0.0247 e. The first-order chi connectivity index (χ1) is 7.76. The summed E-state index contributed by atoms with van der Waals surface area (Å²) in [6, 6.07) is 2.67. The average molecular weight is 234 g/mol. The smallest absolute Gasteiger partial charge is 0.0247 e. The van der Waals surface area contributed by atoms with Crippen molar-refractivity contribution in [3.63, 3.8) is 0 Å². The largest absolute Gasteiger partial charge is 0.349 e. The molecular formula is C15H26N2. The Morgan fingerprint density at radius 2 is 1.88 bits per heavy atom. The van der Waals surface area contributed by atoms with Gasteiger partial charge in [0.15, 0.2) is 0 Å². The Morgan fingerprint density at radius 1 is 1.35 bits per heavy atom. The predicted octanol–water partition coefficient (Wildman–Crippen LogP) is 3.21. The normalized spacial score (nSPS) is 26.6. The number of aromatic nitrogens is 1. The molecule has 0 amide bonds. The Kier molecular flexibility index (Phi) is 2.89. The molecule has 0 bridgehead atoms. The first-order valence-electron chi connectivity index (χ1n) is 6.69. The van der Waals surface area contributed by atoms with Crippen LogP contribution in [0.3, 0.4) is 0 Å². The summed E-state index contributed by atoms with van der Waals surface area (Å²) in [6.07, 6.45) is 0. The van der Waals surface area contributed by atoms with Crippen molar-refractivity contribution in [2.75, 3.05) is 0 Å². The van der Waals surface area contributed by atoms with Gasteiger partial charge in [0.05, 0.1) is 0 Å². The molecular weight excluding hydrogens is 208 g/mol. The molecule has 1 heterocycles. The number of nitrogens with two attached hydrogens (primary N) is 1. The van der Waals surface area contributed by atoms with Gasteiger partial charge in [-0.2, -0.15) is 0 Å². The van der Waals surface area contributed by atoms with Crippen molar-refractivity contribution in [2.24, 2.45) is 17.1 Å². The maximum atomic E-state index is 6.20. The van der Waals surface area contributed by atoms with E-state index < -0.39 is 0 Å². The average Bonchev–Trinajstić information content (AvgIpc) is 2.57. The second-order valence-corrected chi connectivity index (χ2v) is 6.66. The van der Waals surface area contributed by atoms with Crippen molar-refractivity contribution in [3.8, 4) is 0 Å². The lowest BCUT2D eigenvalue weighted by molar-refractivity contribution is 0.507.